The summed E-state index contributed by atoms with van der Waals surface area (Å²) in [6.45, 7) is 16.3. The summed E-state index contributed by atoms with van der Waals surface area (Å²) >= 11 is 0. The molecule has 0 N–H and O–H groups in total. The number of rotatable bonds is 5. The third-order valence-electron chi connectivity index (χ3n) is 5.75. The first-order valence-electron chi connectivity index (χ1n) is 8.95. The van der Waals surface area contributed by atoms with Gasteiger partial charge in [-0.1, -0.05) is 0 Å². The maximum absolute atomic E-state index is 5.46. The Morgan fingerprint density at radius 1 is 0.905 bits per heavy atom. The maximum Gasteiger partial charge on any atom is 0.0594 e. The number of piperazine rings is 1. The smallest absolute Gasteiger partial charge is 0.0594 e. The van der Waals surface area contributed by atoms with Gasteiger partial charge in [-0.15, -0.1) is 0 Å². The van der Waals surface area contributed by atoms with Crippen molar-refractivity contribution in [2.75, 3.05) is 52.5 Å². The highest BCUT2D eigenvalue weighted by Gasteiger charge is 2.43. The molecule has 0 aromatic heterocycles. The molecule has 1 aliphatic carbocycles. The minimum absolute atomic E-state index is 0.712. The fourth-order valence-corrected chi connectivity index (χ4v) is 4.12. The first kappa shape index (κ1) is 15.7. The molecule has 4 nitrogen and oxygen atoms in total. The van der Waals surface area contributed by atoms with Crippen molar-refractivity contribution in [1.82, 2.24) is 14.7 Å². The van der Waals surface area contributed by atoms with Crippen molar-refractivity contribution in [2.24, 2.45) is 5.92 Å². The molecule has 0 aromatic rings. The van der Waals surface area contributed by atoms with Crippen LogP contribution in [-0.4, -0.2) is 85.3 Å². The fourth-order valence-electron chi connectivity index (χ4n) is 4.12. The average Bonchev–Trinajstić information content (AvgIpc) is 3.27. The van der Waals surface area contributed by atoms with Crippen LogP contribution in [0.5, 0.6) is 0 Å². The van der Waals surface area contributed by atoms with Crippen molar-refractivity contribution in [3.8, 4) is 0 Å². The van der Waals surface area contributed by atoms with E-state index in [2.05, 4.69) is 35.5 Å². The van der Waals surface area contributed by atoms with Gasteiger partial charge in [-0.25, -0.2) is 0 Å². The van der Waals surface area contributed by atoms with Crippen LogP contribution in [0.1, 0.15) is 33.6 Å². The molecule has 0 bridgehead atoms. The zero-order chi connectivity index (χ0) is 14.8. The Morgan fingerprint density at radius 3 is 2.19 bits per heavy atom. The second-order valence-electron chi connectivity index (χ2n) is 7.46. The van der Waals surface area contributed by atoms with E-state index in [9.17, 15) is 0 Å². The molecule has 3 atom stereocenters. The summed E-state index contributed by atoms with van der Waals surface area (Å²) in [4.78, 5) is 8.00. The van der Waals surface area contributed by atoms with Crippen molar-refractivity contribution < 1.29 is 4.74 Å². The van der Waals surface area contributed by atoms with Gasteiger partial charge in [0.05, 0.1) is 13.2 Å². The predicted molar refractivity (Wildman–Crippen MR) is 86.6 cm³/mol. The summed E-state index contributed by atoms with van der Waals surface area (Å²) in [6, 6.07) is 2.34. The maximum atomic E-state index is 5.46. The Kier molecular flexibility index (Phi) is 5.20. The summed E-state index contributed by atoms with van der Waals surface area (Å²) in [5, 5.41) is 0. The quantitative estimate of drug-likeness (QED) is 0.765. The van der Waals surface area contributed by atoms with E-state index in [1.165, 1.54) is 39.0 Å². The number of hydrogen-bond donors (Lipinski definition) is 0. The Morgan fingerprint density at radius 2 is 1.57 bits per heavy atom. The molecule has 0 aromatic carbocycles. The summed E-state index contributed by atoms with van der Waals surface area (Å²) in [5.41, 5.74) is 0. The van der Waals surface area contributed by atoms with Crippen LogP contribution < -0.4 is 0 Å². The van der Waals surface area contributed by atoms with Crippen molar-refractivity contribution in [1.29, 1.82) is 0 Å². The monoisotopic (exact) mass is 295 g/mol. The summed E-state index contributed by atoms with van der Waals surface area (Å²) < 4.78 is 5.46. The van der Waals surface area contributed by atoms with Gasteiger partial charge in [0, 0.05) is 57.4 Å². The lowest BCUT2D eigenvalue weighted by atomic mass is 10.1. The van der Waals surface area contributed by atoms with E-state index in [1.54, 1.807) is 0 Å². The molecular weight excluding hydrogens is 262 g/mol. The Balaban J connectivity index is 1.38. The normalized spacial score (nSPS) is 34.3. The first-order valence-corrected chi connectivity index (χ1v) is 8.95. The molecule has 3 aliphatic rings. The van der Waals surface area contributed by atoms with E-state index in [0.29, 0.717) is 6.04 Å². The van der Waals surface area contributed by atoms with Crippen LogP contribution in [0.3, 0.4) is 0 Å². The highest BCUT2D eigenvalue weighted by molar-refractivity contribution is 4.98. The van der Waals surface area contributed by atoms with Gasteiger partial charge in [-0.3, -0.25) is 14.7 Å². The highest BCUT2D eigenvalue weighted by Crippen LogP contribution is 2.40. The minimum atomic E-state index is 0.712. The van der Waals surface area contributed by atoms with Crippen LogP contribution in [0.4, 0.5) is 0 Å². The number of ether oxygens (including phenoxy) is 1. The molecule has 0 spiro atoms. The third-order valence-corrected chi connectivity index (χ3v) is 5.75. The summed E-state index contributed by atoms with van der Waals surface area (Å²) in [6.07, 6.45) is 2.82. The minimum Gasteiger partial charge on any atom is -0.379 e. The Labute approximate surface area is 130 Å². The van der Waals surface area contributed by atoms with E-state index >= 15 is 0 Å². The van der Waals surface area contributed by atoms with Gasteiger partial charge in [0.1, 0.15) is 0 Å². The molecule has 122 valence electrons. The zero-order valence-electron chi connectivity index (χ0n) is 14.1. The molecule has 21 heavy (non-hydrogen) atoms. The van der Waals surface area contributed by atoms with Crippen molar-refractivity contribution >= 4 is 0 Å². The molecule has 2 aliphatic heterocycles. The third kappa shape index (κ3) is 3.98. The lowest BCUT2D eigenvalue weighted by Gasteiger charge is -2.37. The van der Waals surface area contributed by atoms with Crippen molar-refractivity contribution in [2.45, 2.75) is 51.7 Å². The molecular formula is C17H33N3O. The van der Waals surface area contributed by atoms with Crippen LogP contribution >= 0.6 is 0 Å². The molecule has 4 heteroatoms. The van der Waals surface area contributed by atoms with E-state index < -0.39 is 0 Å². The number of morpholine rings is 1. The van der Waals surface area contributed by atoms with Crippen LogP contribution in [0.25, 0.3) is 0 Å². The van der Waals surface area contributed by atoms with E-state index in [1.807, 2.05) is 0 Å². The Hall–Kier alpha value is -0.160. The standard InChI is InChI=1S/C17H33N3O/c1-14(2)18-4-6-20(7-5-18)17-13-16(17)12-15(3)19-8-10-21-11-9-19/h14-17H,4-13H2,1-3H3. The van der Waals surface area contributed by atoms with E-state index in [0.717, 1.165) is 44.3 Å². The number of hydrogen-bond acceptors (Lipinski definition) is 4. The first-order chi connectivity index (χ1) is 10.1. The van der Waals surface area contributed by atoms with Gasteiger partial charge in [0.15, 0.2) is 0 Å². The van der Waals surface area contributed by atoms with Gasteiger partial charge in [0.2, 0.25) is 0 Å². The van der Waals surface area contributed by atoms with Crippen LogP contribution in [-0.2, 0) is 4.74 Å². The van der Waals surface area contributed by atoms with Crippen LogP contribution in [0.2, 0.25) is 0 Å². The molecule has 3 rings (SSSR count). The van der Waals surface area contributed by atoms with Crippen LogP contribution in [0.15, 0.2) is 0 Å². The van der Waals surface area contributed by atoms with E-state index in [-0.39, 0.29) is 0 Å². The molecule has 3 unspecified atom stereocenters. The molecule has 0 amide bonds. The molecule has 2 heterocycles. The molecule has 3 fully saturated rings. The average molecular weight is 295 g/mol. The van der Waals surface area contributed by atoms with Gasteiger partial charge < -0.3 is 4.74 Å². The van der Waals surface area contributed by atoms with Crippen molar-refractivity contribution in [3.05, 3.63) is 0 Å². The van der Waals surface area contributed by atoms with E-state index in [4.69, 9.17) is 4.74 Å². The SMILES string of the molecule is CC(C)N1CCN(C2CC2CC(C)N2CCOCC2)CC1. The fraction of sp³-hybridized carbons (Fsp3) is 1.00. The van der Waals surface area contributed by atoms with Gasteiger partial charge >= 0.3 is 0 Å². The molecule has 1 saturated carbocycles. The van der Waals surface area contributed by atoms with Gasteiger partial charge in [-0.05, 0) is 39.5 Å². The highest BCUT2D eigenvalue weighted by atomic mass is 16.5. The largest absolute Gasteiger partial charge is 0.379 e. The lowest BCUT2D eigenvalue weighted by molar-refractivity contribution is 0.0166. The summed E-state index contributed by atoms with van der Waals surface area (Å²) in [7, 11) is 0. The second kappa shape index (κ2) is 6.95. The topological polar surface area (TPSA) is 19.0 Å². The van der Waals surface area contributed by atoms with Crippen LogP contribution in [0, 0.1) is 5.92 Å². The molecule has 2 saturated heterocycles. The lowest BCUT2D eigenvalue weighted by Crippen LogP contribution is -2.50. The summed E-state index contributed by atoms with van der Waals surface area (Å²) in [5.74, 6) is 0.952. The second-order valence-corrected chi connectivity index (χ2v) is 7.46. The van der Waals surface area contributed by atoms with Gasteiger partial charge in [0.25, 0.3) is 0 Å². The van der Waals surface area contributed by atoms with Gasteiger partial charge in [-0.2, -0.15) is 0 Å². The molecule has 0 radical (unpaired) electrons. The van der Waals surface area contributed by atoms with Crippen molar-refractivity contribution in [3.63, 3.8) is 0 Å². The Bertz CT molecular complexity index is 322. The zero-order valence-corrected chi connectivity index (χ0v) is 14.1. The predicted octanol–water partition coefficient (Wildman–Crippen LogP) is 1.51. The number of nitrogens with zero attached hydrogens (tertiary/aromatic N) is 3.